The summed E-state index contributed by atoms with van der Waals surface area (Å²) in [6, 6.07) is 15.1. The second-order valence-electron chi connectivity index (χ2n) is 7.64. The van der Waals surface area contributed by atoms with Crippen LogP contribution in [0, 0.1) is 6.92 Å². The average molecular weight is 466 g/mol. The van der Waals surface area contributed by atoms with E-state index in [1.54, 1.807) is 68.6 Å². The summed E-state index contributed by atoms with van der Waals surface area (Å²) < 4.78 is 32.3. The van der Waals surface area contributed by atoms with Gasteiger partial charge in [-0.25, -0.2) is 13.4 Å². The molecular formula is C24H23N3O5S. The van der Waals surface area contributed by atoms with Crippen molar-refractivity contribution in [2.24, 2.45) is 5.73 Å². The molecule has 0 fully saturated rings. The fourth-order valence-corrected chi connectivity index (χ4v) is 4.52. The van der Waals surface area contributed by atoms with Crippen LogP contribution in [-0.4, -0.2) is 35.0 Å². The minimum Gasteiger partial charge on any atom is -0.457 e. The number of sulfone groups is 1. The first-order valence-corrected chi connectivity index (χ1v) is 11.9. The molecule has 2 aliphatic heterocycles. The van der Waals surface area contributed by atoms with E-state index in [4.69, 9.17) is 10.5 Å². The van der Waals surface area contributed by atoms with Gasteiger partial charge in [-0.3, -0.25) is 4.79 Å². The zero-order valence-electron chi connectivity index (χ0n) is 18.1. The van der Waals surface area contributed by atoms with Gasteiger partial charge in [-0.1, -0.05) is 19.1 Å². The number of carbonyl (C=O) groups is 1. The summed E-state index contributed by atoms with van der Waals surface area (Å²) in [6.07, 6.45) is 1.70. The number of primary amides is 1. The molecule has 0 unspecified atom stereocenters. The molecule has 8 nitrogen and oxygen atoms in total. The Labute approximate surface area is 191 Å². The van der Waals surface area contributed by atoms with Crippen LogP contribution in [0.25, 0.3) is 22.5 Å². The van der Waals surface area contributed by atoms with Crippen LogP contribution in [0.2, 0.25) is 0 Å². The van der Waals surface area contributed by atoms with Crippen LogP contribution in [0.4, 0.5) is 0 Å². The van der Waals surface area contributed by atoms with Gasteiger partial charge in [0.25, 0.3) is 0 Å². The molecule has 33 heavy (non-hydrogen) atoms. The SMILES string of the molecule is CCS(=O)(=O)c1ccc(Oc2ccc(CC(N)=O)cc2)c(-c2cc(C)n(O)c3nccc2-3)c1. The summed E-state index contributed by atoms with van der Waals surface area (Å²) in [7, 11) is -3.46. The van der Waals surface area contributed by atoms with Crippen molar-refractivity contribution in [1.82, 2.24) is 9.71 Å². The molecule has 0 aliphatic carbocycles. The molecular weight excluding hydrogens is 442 g/mol. The summed E-state index contributed by atoms with van der Waals surface area (Å²) in [4.78, 5) is 15.5. The number of aryl methyl sites for hydroxylation is 1. The van der Waals surface area contributed by atoms with Gasteiger partial charge in [0.2, 0.25) is 5.91 Å². The van der Waals surface area contributed by atoms with Crippen LogP contribution in [0.3, 0.4) is 0 Å². The zero-order valence-corrected chi connectivity index (χ0v) is 19.0. The van der Waals surface area contributed by atoms with Crippen molar-refractivity contribution in [3.63, 3.8) is 0 Å². The smallest absolute Gasteiger partial charge is 0.221 e. The van der Waals surface area contributed by atoms with Crippen LogP contribution in [0.15, 0.2) is 65.7 Å². The highest BCUT2D eigenvalue weighted by Crippen LogP contribution is 2.41. The second-order valence-corrected chi connectivity index (χ2v) is 9.92. The zero-order chi connectivity index (χ0) is 23.8. The summed E-state index contributed by atoms with van der Waals surface area (Å²) in [5, 5.41) is 10.3. The number of benzene rings is 2. The molecule has 170 valence electrons. The molecule has 0 aromatic heterocycles. The highest BCUT2D eigenvalue weighted by Gasteiger charge is 2.22. The highest BCUT2D eigenvalue weighted by atomic mass is 32.2. The number of fused-ring (bicyclic) bond motifs is 1. The van der Waals surface area contributed by atoms with E-state index < -0.39 is 15.7 Å². The van der Waals surface area contributed by atoms with Gasteiger partial charge in [-0.2, -0.15) is 4.73 Å². The fraction of sp³-hybridized carbons (Fsp3) is 0.167. The maximum atomic E-state index is 12.6. The van der Waals surface area contributed by atoms with Crippen LogP contribution < -0.4 is 10.5 Å². The predicted molar refractivity (Wildman–Crippen MR) is 123 cm³/mol. The quantitative estimate of drug-likeness (QED) is 0.400. The Morgan fingerprint density at radius 3 is 2.45 bits per heavy atom. The van der Waals surface area contributed by atoms with Crippen LogP contribution in [0.1, 0.15) is 18.2 Å². The number of hydrogen-bond acceptors (Lipinski definition) is 6. The van der Waals surface area contributed by atoms with Gasteiger partial charge in [0, 0.05) is 17.3 Å². The van der Waals surface area contributed by atoms with Gasteiger partial charge in [0.1, 0.15) is 11.5 Å². The highest BCUT2D eigenvalue weighted by molar-refractivity contribution is 7.91. The maximum absolute atomic E-state index is 12.6. The standard InChI is InChI=1S/C24H23N3O5S/c1-3-33(30,31)18-8-9-22(32-17-6-4-16(5-7-17)13-23(25)28)21(14-18)20-12-15(2)27(29)24-19(20)10-11-26-24/h4-12,14,29H,3,13H2,1-2H3,(H2,25,28). The Morgan fingerprint density at radius 1 is 1.06 bits per heavy atom. The molecule has 2 aliphatic rings. The fourth-order valence-electron chi connectivity index (χ4n) is 3.62. The monoisotopic (exact) mass is 465 g/mol. The van der Waals surface area contributed by atoms with Crippen molar-refractivity contribution in [1.29, 1.82) is 0 Å². The summed E-state index contributed by atoms with van der Waals surface area (Å²) in [5.74, 6) is 0.843. The third-order valence-corrected chi connectivity index (χ3v) is 7.10. The van der Waals surface area contributed by atoms with Crippen molar-refractivity contribution < 1.29 is 23.2 Å². The van der Waals surface area contributed by atoms with Gasteiger partial charge in [0.15, 0.2) is 15.7 Å². The van der Waals surface area contributed by atoms with E-state index in [9.17, 15) is 18.4 Å². The molecule has 0 saturated heterocycles. The Balaban J connectivity index is 1.85. The van der Waals surface area contributed by atoms with Gasteiger partial charge < -0.3 is 15.7 Å². The van der Waals surface area contributed by atoms with E-state index in [-0.39, 0.29) is 17.1 Å². The Hall–Kier alpha value is -3.85. The van der Waals surface area contributed by atoms with E-state index >= 15 is 0 Å². The Kier molecular flexibility index (Phi) is 5.82. The molecule has 0 spiro atoms. The molecule has 2 aromatic rings. The number of amides is 1. The number of pyridine rings is 1. The normalized spacial score (nSPS) is 11.6. The van der Waals surface area contributed by atoms with E-state index in [0.29, 0.717) is 39.7 Å². The molecule has 0 saturated carbocycles. The van der Waals surface area contributed by atoms with Crippen LogP contribution >= 0.6 is 0 Å². The van der Waals surface area contributed by atoms with Crippen molar-refractivity contribution in [3.05, 3.63) is 72.1 Å². The Morgan fingerprint density at radius 2 is 1.79 bits per heavy atom. The number of carbonyl (C=O) groups excluding carboxylic acids is 1. The maximum Gasteiger partial charge on any atom is 0.221 e. The van der Waals surface area contributed by atoms with Gasteiger partial charge in [-0.05, 0) is 60.5 Å². The molecule has 4 rings (SSSR count). The minimum absolute atomic E-state index is 0.0359. The lowest BCUT2D eigenvalue weighted by Gasteiger charge is -2.18. The first-order valence-electron chi connectivity index (χ1n) is 10.3. The lowest BCUT2D eigenvalue weighted by molar-refractivity contribution is -0.117. The van der Waals surface area contributed by atoms with Crippen molar-refractivity contribution in [3.8, 4) is 34.0 Å². The van der Waals surface area contributed by atoms with Crippen molar-refractivity contribution in [2.75, 3.05) is 5.75 Å². The van der Waals surface area contributed by atoms with E-state index in [2.05, 4.69) is 4.98 Å². The van der Waals surface area contributed by atoms with E-state index in [1.807, 2.05) is 0 Å². The summed E-state index contributed by atoms with van der Waals surface area (Å²) in [5.41, 5.74) is 8.41. The summed E-state index contributed by atoms with van der Waals surface area (Å²) in [6.45, 7) is 3.32. The number of aromatic nitrogens is 2. The largest absolute Gasteiger partial charge is 0.457 e. The van der Waals surface area contributed by atoms with Gasteiger partial charge >= 0.3 is 0 Å². The van der Waals surface area contributed by atoms with Crippen molar-refractivity contribution in [2.45, 2.75) is 25.2 Å². The molecule has 0 bridgehead atoms. The third-order valence-electron chi connectivity index (χ3n) is 5.37. The first kappa shape index (κ1) is 22.3. The van der Waals surface area contributed by atoms with Crippen LogP contribution in [0.5, 0.6) is 11.5 Å². The topological polar surface area (TPSA) is 125 Å². The second kappa shape index (κ2) is 8.59. The Bertz CT molecular complexity index is 1410. The number of hydrogen-bond donors (Lipinski definition) is 2. The lowest BCUT2D eigenvalue weighted by Crippen LogP contribution is -2.13. The molecule has 1 amide bonds. The molecule has 2 heterocycles. The first-order chi connectivity index (χ1) is 15.7. The lowest BCUT2D eigenvalue weighted by atomic mass is 9.98. The molecule has 0 radical (unpaired) electrons. The van der Waals surface area contributed by atoms with Crippen molar-refractivity contribution >= 4 is 15.7 Å². The van der Waals surface area contributed by atoms with Crippen LogP contribution in [-0.2, 0) is 21.1 Å². The van der Waals surface area contributed by atoms with Gasteiger partial charge in [-0.15, -0.1) is 0 Å². The minimum atomic E-state index is -3.46. The molecule has 9 heteroatoms. The van der Waals surface area contributed by atoms with E-state index in [1.165, 1.54) is 6.07 Å². The number of ether oxygens (including phenoxy) is 1. The molecule has 2 aromatic carbocycles. The predicted octanol–water partition coefficient (Wildman–Crippen LogP) is 3.81. The molecule has 3 N–H and O–H groups in total. The third kappa shape index (κ3) is 4.40. The summed E-state index contributed by atoms with van der Waals surface area (Å²) >= 11 is 0. The van der Waals surface area contributed by atoms with E-state index in [0.717, 1.165) is 10.3 Å². The number of nitrogens with two attached hydrogens (primary N) is 1. The number of nitrogens with zero attached hydrogens (tertiary/aromatic N) is 2. The molecule has 0 atom stereocenters. The number of rotatable bonds is 7. The van der Waals surface area contributed by atoms with Gasteiger partial charge in [0.05, 0.1) is 22.8 Å². The average Bonchev–Trinajstić information content (AvgIpc) is 3.28.